The number of nitrogens with one attached hydrogen (secondary N) is 2. The summed E-state index contributed by atoms with van der Waals surface area (Å²) in [5, 5.41) is 2.58. The maximum Gasteiger partial charge on any atom is 0.336 e. The number of aromatic nitrogens is 4. The number of ether oxygens (including phenoxy) is 2. The predicted molar refractivity (Wildman–Crippen MR) is 125 cm³/mol. The van der Waals surface area contributed by atoms with E-state index in [9.17, 15) is 14.2 Å². The zero-order valence-corrected chi connectivity index (χ0v) is 19.4. The van der Waals surface area contributed by atoms with E-state index in [1.165, 1.54) is 6.33 Å². The number of nitrogens with two attached hydrogens (primary N) is 1. The number of benzene rings is 1. The van der Waals surface area contributed by atoms with Crippen LogP contribution >= 0.6 is 7.52 Å². The highest BCUT2D eigenvalue weighted by molar-refractivity contribution is 7.56. The second-order valence-electron chi connectivity index (χ2n) is 7.01. The van der Waals surface area contributed by atoms with Gasteiger partial charge in [-0.25, -0.2) is 14.9 Å². The van der Waals surface area contributed by atoms with Crippen LogP contribution in [-0.4, -0.2) is 51.1 Å². The summed E-state index contributed by atoms with van der Waals surface area (Å²) in [7, 11) is -3.74. The maximum absolute atomic E-state index is 13.5. The highest BCUT2D eigenvalue weighted by atomic mass is 31.2. The first-order valence-corrected chi connectivity index (χ1v) is 12.1. The SMILES string of the molecule is C#C[C@@H](NP(=O)(COCCn1cnc2c(=O)[nH]c(N)nc21)OCc1ccccc1)C(=O)OCC. The van der Waals surface area contributed by atoms with Crippen molar-refractivity contribution in [1.29, 1.82) is 0 Å². The molecular weight excluding hydrogens is 463 g/mol. The number of esters is 1. The molecule has 0 amide bonds. The fourth-order valence-corrected chi connectivity index (χ4v) is 4.45. The first-order chi connectivity index (χ1) is 16.3. The van der Waals surface area contributed by atoms with Crippen molar-refractivity contribution < 1.29 is 23.4 Å². The van der Waals surface area contributed by atoms with Gasteiger partial charge in [-0.3, -0.25) is 14.3 Å². The van der Waals surface area contributed by atoms with Gasteiger partial charge in [0.2, 0.25) is 5.95 Å². The number of hydrogen-bond acceptors (Lipinski definition) is 9. The van der Waals surface area contributed by atoms with Gasteiger partial charge in [0.25, 0.3) is 13.1 Å². The largest absolute Gasteiger partial charge is 0.464 e. The van der Waals surface area contributed by atoms with Crippen LogP contribution in [0.15, 0.2) is 41.5 Å². The molecule has 2 heterocycles. The summed E-state index contributed by atoms with van der Waals surface area (Å²) in [5.41, 5.74) is 6.35. The molecule has 0 fully saturated rings. The summed E-state index contributed by atoms with van der Waals surface area (Å²) in [6.45, 7) is 2.06. The molecule has 34 heavy (non-hydrogen) atoms. The molecule has 3 aromatic rings. The van der Waals surface area contributed by atoms with Crippen molar-refractivity contribution in [2.24, 2.45) is 0 Å². The van der Waals surface area contributed by atoms with Gasteiger partial charge in [0, 0.05) is 6.54 Å². The Morgan fingerprint density at radius 1 is 1.38 bits per heavy atom. The van der Waals surface area contributed by atoms with Gasteiger partial charge in [0.15, 0.2) is 17.2 Å². The number of rotatable bonds is 12. The minimum absolute atomic E-state index is 0.00667. The Kier molecular flexibility index (Phi) is 8.56. The Bertz CT molecular complexity index is 1270. The third kappa shape index (κ3) is 6.52. The van der Waals surface area contributed by atoms with Crippen LogP contribution in [0.5, 0.6) is 0 Å². The van der Waals surface area contributed by atoms with E-state index in [0.29, 0.717) is 5.65 Å². The number of anilines is 1. The Hall–Kier alpha value is -3.49. The van der Waals surface area contributed by atoms with Gasteiger partial charge in [-0.05, 0) is 12.5 Å². The summed E-state index contributed by atoms with van der Waals surface area (Å²) < 4.78 is 31.2. The van der Waals surface area contributed by atoms with Gasteiger partial charge in [-0.1, -0.05) is 36.3 Å². The number of carbonyl (C=O) groups is 1. The lowest BCUT2D eigenvalue weighted by Crippen LogP contribution is -2.36. The predicted octanol–water partition coefficient (Wildman–Crippen LogP) is 1.24. The summed E-state index contributed by atoms with van der Waals surface area (Å²) in [4.78, 5) is 34.5. The number of aromatic amines is 1. The topological polar surface area (TPSA) is 163 Å². The molecule has 0 saturated carbocycles. The maximum atomic E-state index is 13.5. The highest BCUT2D eigenvalue weighted by Gasteiger charge is 2.31. The Balaban J connectivity index is 1.67. The highest BCUT2D eigenvalue weighted by Crippen LogP contribution is 2.44. The van der Waals surface area contributed by atoms with Gasteiger partial charge in [0.05, 0.1) is 26.1 Å². The molecule has 13 heteroatoms. The third-order valence-electron chi connectivity index (χ3n) is 4.53. The molecule has 3 rings (SSSR count). The Labute approximate surface area is 195 Å². The van der Waals surface area contributed by atoms with E-state index in [-0.39, 0.29) is 44.2 Å². The number of imidazole rings is 1. The third-order valence-corrected chi connectivity index (χ3v) is 6.25. The summed E-state index contributed by atoms with van der Waals surface area (Å²) in [6.07, 6.45) is 6.48. The van der Waals surface area contributed by atoms with E-state index in [4.69, 9.17) is 26.2 Å². The molecule has 2 atom stereocenters. The van der Waals surface area contributed by atoms with Crippen molar-refractivity contribution in [3.05, 3.63) is 52.6 Å². The van der Waals surface area contributed by atoms with Crippen LogP contribution < -0.4 is 16.4 Å². The number of carbonyl (C=O) groups excluding carboxylic acids is 1. The quantitative estimate of drug-likeness (QED) is 0.146. The van der Waals surface area contributed by atoms with Crippen molar-refractivity contribution in [3.63, 3.8) is 0 Å². The molecular formula is C21H25N6O6P. The molecule has 0 spiro atoms. The number of fused-ring (bicyclic) bond motifs is 1. The summed E-state index contributed by atoms with van der Waals surface area (Å²) >= 11 is 0. The first-order valence-electron chi connectivity index (χ1n) is 10.3. The number of H-pyrrole nitrogens is 1. The van der Waals surface area contributed by atoms with E-state index >= 15 is 0 Å². The molecule has 180 valence electrons. The lowest BCUT2D eigenvalue weighted by Gasteiger charge is -2.22. The van der Waals surface area contributed by atoms with E-state index in [0.717, 1.165) is 5.56 Å². The van der Waals surface area contributed by atoms with Gasteiger partial charge < -0.3 is 24.3 Å². The van der Waals surface area contributed by atoms with Gasteiger partial charge >= 0.3 is 5.97 Å². The molecule has 1 unspecified atom stereocenters. The van der Waals surface area contributed by atoms with Crippen LogP contribution in [0.1, 0.15) is 12.5 Å². The molecule has 1 aromatic carbocycles. The molecule has 12 nitrogen and oxygen atoms in total. The first kappa shape index (κ1) is 25.1. The standard InChI is InChI=1S/C21H25N6O6P/c1-3-16(20(29)32-4-2)26-34(30,33-12-15-8-6-5-7-9-15)14-31-11-10-27-13-23-17-18(27)24-21(22)25-19(17)28/h1,5-9,13,16H,4,10-12,14H2,2H3,(H,26,30)(H3,22,24,25,28)/t16-,34?/m1/s1. The van der Waals surface area contributed by atoms with Crippen LogP contribution in [0.2, 0.25) is 0 Å². The second kappa shape index (κ2) is 11.6. The van der Waals surface area contributed by atoms with Gasteiger partial charge in [-0.2, -0.15) is 4.98 Å². The normalized spacial score (nSPS) is 13.8. The number of nitrogen functional groups attached to an aromatic ring is 1. The van der Waals surface area contributed by atoms with Gasteiger partial charge in [-0.15, -0.1) is 6.42 Å². The molecule has 0 radical (unpaired) electrons. The average Bonchev–Trinajstić information content (AvgIpc) is 3.23. The lowest BCUT2D eigenvalue weighted by atomic mass is 10.2. The lowest BCUT2D eigenvalue weighted by molar-refractivity contribution is -0.143. The average molecular weight is 488 g/mol. The molecule has 2 aromatic heterocycles. The zero-order valence-electron chi connectivity index (χ0n) is 18.5. The Morgan fingerprint density at radius 2 is 2.15 bits per heavy atom. The van der Waals surface area contributed by atoms with Crippen molar-refractivity contribution in [2.45, 2.75) is 26.1 Å². The van der Waals surface area contributed by atoms with Crippen LogP contribution in [0.4, 0.5) is 5.95 Å². The smallest absolute Gasteiger partial charge is 0.336 e. The molecule has 0 bridgehead atoms. The zero-order chi connectivity index (χ0) is 24.6. The summed E-state index contributed by atoms with van der Waals surface area (Å²) in [6, 6.07) is 7.81. The second-order valence-corrected chi connectivity index (χ2v) is 9.13. The minimum Gasteiger partial charge on any atom is -0.464 e. The molecule has 4 N–H and O–H groups in total. The van der Waals surface area contributed by atoms with E-state index in [1.807, 2.05) is 18.2 Å². The molecule has 0 aliphatic rings. The molecule has 0 aliphatic carbocycles. The van der Waals surface area contributed by atoms with Crippen molar-refractivity contribution in [3.8, 4) is 12.3 Å². The molecule has 0 saturated heterocycles. The van der Waals surface area contributed by atoms with Crippen LogP contribution in [0.3, 0.4) is 0 Å². The number of hydrogen-bond donors (Lipinski definition) is 3. The fraction of sp³-hybridized carbons (Fsp3) is 0.333. The number of nitrogens with zero attached hydrogens (tertiary/aromatic N) is 3. The van der Waals surface area contributed by atoms with Crippen LogP contribution in [-0.2, 0) is 36.5 Å². The van der Waals surface area contributed by atoms with Gasteiger partial charge in [0.1, 0.15) is 6.35 Å². The van der Waals surface area contributed by atoms with Crippen LogP contribution in [0, 0.1) is 12.3 Å². The monoisotopic (exact) mass is 488 g/mol. The fourth-order valence-electron chi connectivity index (χ4n) is 2.93. The summed E-state index contributed by atoms with van der Waals surface area (Å²) in [5.74, 6) is 1.44. The van der Waals surface area contributed by atoms with Crippen molar-refractivity contribution in [1.82, 2.24) is 24.6 Å². The van der Waals surface area contributed by atoms with Crippen LogP contribution in [0.25, 0.3) is 11.2 Å². The van der Waals surface area contributed by atoms with Crippen molar-refractivity contribution >= 4 is 30.6 Å². The van der Waals surface area contributed by atoms with Crippen molar-refractivity contribution in [2.75, 3.05) is 25.3 Å². The Morgan fingerprint density at radius 3 is 2.85 bits per heavy atom. The van der Waals surface area contributed by atoms with E-state index in [1.54, 1.807) is 23.6 Å². The van der Waals surface area contributed by atoms with E-state index in [2.05, 4.69) is 26.0 Å². The minimum atomic E-state index is -3.74. The van der Waals surface area contributed by atoms with E-state index < -0.39 is 25.1 Å². The molecule has 0 aliphatic heterocycles. The number of terminal acetylenes is 1.